The Morgan fingerprint density at radius 1 is 1.42 bits per heavy atom. The first kappa shape index (κ1) is 14.0. The van der Waals surface area contributed by atoms with Crippen molar-refractivity contribution >= 4 is 38.9 Å². The number of thiophene rings is 1. The second-order valence-electron chi connectivity index (χ2n) is 3.73. The van der Waals surface area contributed by atoms with Crippen LogP contribution in [0.25, 0.3) is 0 Å². The third-order valence-corrected chi connectivity index (χ3v) is 4.34. The van der Waals surface area contributed by atoms with Crippen LogP contribution in [0.5, 0.6) is 0 Å². The highest BCUT2D eigenvalue weighted by Gasteiger charge is 2.16. The van der Waals surface area contributed by atoms with Crippen LogP contribution >= 0.6 is 27.3 Å². The van der Waals surface area contributed by atoms with Crippen molar-refractivity contribution in [1.29, 1.82) is 0 Å². The van der Waals surface area contributed by atoms with Gasteiger partial charge >= 0.3 is 0 Å². The number of carbonyl (C=O) groups excluding carboxylic acids is 1. The van der Waals surface area contributed by atoms with Crippen molar-refractivity contribution in [2.75, 3.05) is 5.73 Å². The molecule has 3 nitrogen and oxygen atoms in total. The molecule has 1 aromatic carbocycles. The lowest BCUT2D eigenvalue weighted by atomic mass is 10.1. The van der Waals surface area contributed by atoms with Crippen LogP contribution in [0.2, 0.25) is 0 Å². The molecule has 19 heavy (non-hydrogen) atoms. The fraction of sp³-hybridized carbons (Fsp3) is 0.0833. The quantitative estimate of drug-likeness (QED) is 0.837. The molecule has 1 heterocycles. The summed E-state index contributed by atoms with van der Waals surface area (Å²) in [6, 6.07) is 3.50. The Morgan fingerprint density at radius 3 is 2.79 bits per heavy atom. The summed E-state index contributed by atoms with van der Waals surface area (Å²) in [5, 5.41) is 4.37. The smallest absolute Gasteiger partial charge is 0.254 e. The van der Waals surface area contributed by atoms with E-state index in [0.29, 0.717) is 0 Å². The Morgan fingerprint density at radius 2 is 2.16 bits per heavy atom. The van der Waals surface area contributed by atoms with Gasteiger partial charge in [0.2, 0.25) is 0 Å². The molecule has 1 aromatic heterocycles. The fourth-order valence-corrected chi connectivity index (χ4v) is 2.91. The molecule has 1 amide bonds. The number of hydrogen-bond donors (Lipinski definition) is 2. The molecule has 0 saturated heterocycles. The number of nitrogens with one attached hydrogen (secondary N) is 1. The third kappa shape index (κ3) is 3.10. The topological polar surface area (TPSA) is 55.1 Å². The van der Waals surface area contributed by atoms with Gasteiger partial charge in [0.25, 0.3) is 5.91 Å². The summed E-state index contributed by atoms with van der Waals surface area (Å²) in [6.07, 6.45) is 0. The molecule has 0 aliphatic carbocycles. The third-order valence-electron chi connectivity index (χ3n) is 2.41. The van der Waals surface area contributed by atoms with Crippen molar-refractivity contribution in [2.45, 2.75) is 6.54 Å². The second-order valence-corrected chi connectivity index (χ2v) is 5.59. The van der Waals surface area contributed by atoms with E-state index in [-0.39, 0.29) is 12.2 Å². The van der Waals surface area contributed by atoms with Gasteiger partial charge in [0.05, 0.1) is 17.8 Å². The van der Waals surface area contributed by atoms with Gasteiger partial charge in [-0.15, -0.1) is 11.3 Å². The van der Waals surface area contributed by atoms with Crippen molar-refractivity contribution in [3.8, 4) is 0 Å². The minimum absolute atomic E-state index is 0.229. The van der Waals surface area contributed by atoms with Crippen LogP contribution in [-0.4, -0.2) is 5.91 Å². The Labute approximate surface area is 120 Å². The van der Waals surface area contributed by atoms with E-state index < -0.39 is 23.1 Å². The summed E-state index contributed by atoms with van der Waals surface area (Å²) in [7, 11) is 0. The number of nitrogen functional groups attached to an aromatic ring is 1. The van der Waals surface area contributed by atoms with Crippen LogP contribution in [0.15, 0.2) is 28.1 Å². The fourth-order valence-electron chi connectivity index (χ4n) is 1.48. The number of benzene rings is 1. The number of carbonyl (C=O) groups is 1. The molecule has 0 aliphatic rings. The molecule has 0 unspecified atom stereocenters. The molecule has 100 valence electrons. The standard InChI is InChI=1S/C12H9BrF2N2OS/c13-8-1-2-19-10(8)5-17-12(18)7-3-6(14)4-9(16)11(7)15/h1-4H,5,16H2,(H,17,18). The zero-order chi connectivity index (χ0) is 14.0. The van der Waals surface area contributed by atoms with Crippen LogP contribution in [-0.2, 0) is 6.54 Å². The summed E-state index contributed by atoms with van der Waals surface area (Å²) in [6.45, 7) is 0.229. The van der Waals surface area contributed by atoms with Crippen LogP contribution < -0.4 is 11.1 Å². The summed E-state index contributed by atoms with van der Waals surface area (Å²) < 4.78 is 27.6. The molecule has 0 bridgehead atoms. The molecule has 2 aromatic rings. The summed E-state index contributed by atoms with van der Waals surface area (Å²) in [4.78, 5) is 12.7. The molecule has 0 saturated carbocycles. The predicted molar refractivity (Wildman–Crippen MR) is 74.0 cm³/mol. The zero-order valence-corrected chi connectivity index (χ0v) is 11.9. The van der Waals surface area contributed by atoms with Crippen molar-refractivity contribution < 1.29 is 13.6 Å². The van der Waals surface area contributed by atoms with Gasteiger partial charge in [-0.05, 0) is 39.5 Å². The van der Waals surface area contributed by atoms with E-state index in [4.69, 9.17) is 5.73 Å². The van der Waals surface area contributed by atoms with Crippen LogP contribution in [0, 0.1) is 11.6 Å². The normalized spacial score (nSPS) is 10.5. The molecule has 0 fully saturated rings. The number of anilines is 1. The molecule has 3 N–H and O–H groups in total. The average molecular weight is 347 g/mol. The van der Waals surface area contributed by atoms with Gasteiger partial charge in [-0.1, -0.05) is 0 Å². The minimum atomic E-state index is -0.913. The molecule has 0 atom stereocenters. The van der Waals surface area contributed by atoms with E-state index in [0.717, 1.165) is 21.5 Å². The number of hydrogen-bond acceptors (Lipinski definition) is 3. The first-order valence-corrected chi connectivity index (χ1v) is 6.91. The monoisotopic (exact) mass is 346 g/mol. The predicted octanol–water partition coefficient (Wildman–Crippen LogP) is 3.30. The lowest BCUT2D eigenvalue weighted by Gasteiger charge is -2.07. The molecule has 7 heteroatoms. The first-order chi connectivity index (χ1) is 8.99. The van der Waals surface area contributed by atoms with E-state index in [2.05, 4.69) is 21.2 Å². The second kappa shape index (κ2) is 5.66. The lowest BCUT2D eigenvalue weighted by molar-refractivity contribution is 0.0947. The van der Waals surface area contributed by atoms with Gasteiger partial charge in [-0.25, -0.2) is 8.78 Å². The van der Waals surface area contributed by atoms with Gasteiger partial charge in [0, 0.05) is 9.35 Å². The first-order valence-electron chi connectivity index (χ1n) is 5.23. The van der Waals surface area contributed by atoms with Crippen LogP contribution in [0.3, 0.4) is 0 Å². The Bertz CT molecular complexity index is 630. The maximum Gasteiger partial charge on any atom is 0.254 e. The molecular weight excluding hydrogens is 338 g/mol. The maximum absolute atomic E-state index is 13.6. The number of halogens is 3. The van der Waals surface area contributed by atoms with E-state index in [9.17, 15) is 13.6 Å². The van der Waals surface area contributed by atoms with E-state index in [1.807, 2.05) is 11.4 Å². The zero-order valence-electron chi connectivity index (χ0n) is 9.54. The molecular formula is C12H9BrF2N2OS. The van der Waals surface area contributed by atoms with Crippen LogP contribution in [0.4, 0.5) is 14.5 Å². The Kier molecular flexibility index (Phi) is 4.16. The number of nitrogens with two attached hydrogens (primary N) is 1. The molecule has 0 spiro atoms. The summed E-state index contributed by atoms with van der Waals surface area (Å²) in [5.74, 6) is -2.37. The molecule has 0 aliphatic heterocycles. The summed E-state index contributed by atoms with van der Waals surface area (Å²) >= 11 is 4.76. The highest BCUT2D eigenvalue weighted by Crippen LogP contribution is 2.23. The van der Waals surface area contributed by atoms with E-state index in [1.165, 1.54) is 11.3 Å². The van der Waals surface area contributed by atoms with Gasteiger partial charge < -0.3 is 11.1 Å². The number of amides is 1. The Hall–Kier alpha value is -1.47. The van der Waals surface area contributed by atoms with E-state index >= 15 is 0 Å². The minimum Gasteiger partial charge on any atom is -0.396 e. The van der Waals surface area contributed by atoms with Gasteiger partial charge in [-0.2, -0.15) is 0 Å². The van der Waals surface area contributed by atoms with Gasteiger partial charge in [-0.3, -0.25) is 4.79 Å². The average Bonchev–Trinajstić information content (AvgIpc) is 2.76. The lowest BCUT2D eigenvalue weighted by Crippen LogP contribution is -2.24. The molecule has 2 rings (SSSR count). The van der Waals surface area contributed by atoms with Crippen LogP contribution in [0.1, 0.15) is 15.2 Å². The van der Waals surface area contributed by atoms with Crippen molar-refractivity contribution in [3.05, 3.63) is 50.1 Å². The van der Waals surface area contributed by atoms with E-state index in [1.54, 1.807) is 0 Å². The number of rotatable bonds is 3. The highest BCUT2D eigenvalue weighted by molar-refractivity contribution is 9.10. The maximum atomic E-state index is 13.6. The Balaban J connectivity index is 2.15. The molecule has 0 radical (unpaired) electrons. The highest BCUT2D eigenvalue weighted by atomic mass is 79.9. The van der Waals surface area contributed by atoms with Crippen molar-refractivity contribution in [2.24, 2.45) is 0 Å². The van der Waals surface area contributed by atoms with Crippen molar-refractivity contribution in [1.82, 2.24) is 5.32 Å². The van der Waals surface area contributed by atoms with Crippen molar-refractivity contribution in [3.63, 3.8) is 0 Å². The van der Waals surface area contributed by atoms with Gasteiger partial charge in [0.15, 0.2) is 5.82 Å². The SMILES string of the molecule is Nc1cc(F)cc(C(=O)NCc2sccc2Br)c1F. The van der Waals surface area contributed by atoms with Gasteiger partial charge in [0.1, 0.15) is 5.82 Å². The summed E-state index contributed by atoms with van der Waals surface area (Å²) in [5.41, 5.74) is 4.49. The largest absolute Gasteiger partial charge is 0.396 e.